The van der Waals surface area contributed by atoms with E-state index in [1.807, 2.05) is 24.5 Å². The molecule has 0 unspecified atom stereocenters. The lowest BCUT2D eigenvalue weighted by atomic mass is 10.2. The molecule has 0 aliphatic heterocycles. The number of hydrogen-bond acceptors (Lipinski definition) is 5. The summed E-state index contributed by atoms with van der Waals surface area (Å²) in [4.78, 5) is 15.2. The van der Waals surface area contributed by atoms with Crippen LogP contribution in [0, 0.1) is 0 Å². The summed E-state index contributed by atoms with van der Waals surface area (Å²) < 4.78 is 0. The first-order valence-corrected chi connectivity index (χ1v) is 7.51. The van der Waals surface area contributed by atoms with Gasteiger partial charge in [-0.15, -0.1) is 0 Å². The lowest BCUT2D eigenvalue weighted by molar-refractivity contribution is 0.797. The SMILES string of the molecule is CCNc1ncnc(N(CC)Cc2ccncc2)c1CC. The van der Waals surface area contributed by atoms with Crippen molar-refractivity contribution in [2.24, 2.45) is 0 Å². The highest BCUT2D eigenvalue weighted by molar-refractivity contribution is 5.58. The number of anilines is 2. The first-order valence-electron chi connectivity index (χ1n) is 7.51. The van der Waals surface area contributed by atoms with Crippen LogP contribution in [0.5, 0.6) is 0 Å². The maximum atomic E-state index is 4.52. The Balaban J connectivity index is 2.31. The standard InChI is InChI=1S/C16H23N5/c1-4-14-15(18-5-2)19-12-20-16(14)21(6-3)11-13-7-9-17-10-8-13/h7-10,12H,4-6,11H2,1-3H3,(H,18,19,20). The Labute approximate surface area is 126 Å². The molecule has 0 aliphatic carbocycles. The van der Waals surface area contributed by atoms with Gasteiger partial charge in [0.1, 0.15) is 18.0 Å². The zero-order valence-electron chi connectivity index (χ0n) is 13.0. The van der Waals surface area contributed by atoms with Crippen molar-refractivity contribution >= 4 is 11.6 Å². The van der Waals surface area contributed by atoms with Crippen molar-refractivity contribution in [1.29, 1.82) is 0 Å². The molecule has 2 heterocycles. The first kappa shape index (κ1) is 15.2. The average Bonchev–Trinajstić information content (AvgIpc) is 2.54. The molecule has 5 nitrogen and oxygen atoms in total. The van der Waals surface area contributed by atoms with Gasteiger partial charge in [-0.25, -0.2) is 9.97 Å². The highest BCUT2D eigenvalue weighted by Gasteiger charge is 2.15. The summed E-state index contributed by atoms with van der Waals surface area (Å²) in [5.41, 5.74) is 2.41. The normalized spacial score (nSPS) is 10.4. The summed E-state index contributed by atoms with van der Waals surface area (Å²) in [6.45, 7) is 8.96. The molecule has 21 heavy (non-hydrogen) atoms. The van der Waals surface area contributed by atoms with Crippen LogP contribution in [0.4, 0.5) is 11.6 Å². The van der Waals surface area contributed by atoms with Crippen LogP contribution in [0.3, 0.4) is 0 Å². The fraction of sp³-hybridized carbons (Fsp3) is 0.438. The van der Waals surface area contributed by atoms with Gasteiger partial charge in [0.05, 0.1) is 0 Å². The predicted octanol–water partition coefficient (Wildman–Crippen LogP) is 2.89. The lowest BCUT2D eigenvalue weighted by Gasteiger charge is -2.25. The van der Waals surface area contributed by atoms with Gasteiger partial charge in [-0.05, 0) is 38.0 Å². The Morgan fingerprint density at radius 2 is 1.86 bits per heavy atom. The third-order valence-electron chi connectivity index (χ3n) is 3.42. The van der Waals surface area contributed by atoms with Crippen LogP contribution in [0.2, 0.25) is 0 Å². The van der Waals surface area contributed by atoms with Crippen molar-refractivity contribution in [3.05, 3.63) is 42.0 Å². The van der Waals surface area contributed by atoms with Gasteiger partial charge in [-0.1, -0.05) is 6.92 Å². The zero-order chi connectivity index (χ0) is 15.1. The van der Waals surface area contributed by atoms with E-state index >= 15 is 0 Å². The summed E-state index contributed by atoms with van der Waals surface area (Å²) in [6.07, 6.45) is 6.20. The van der Waals surface area contributed by atoms with Gasteiger partial charge in [0.25, 0.3) is 0 Å². The summed E-state index contributed by atoms with van der Waals surface area (Å²) >= 11 is 0. The fourth-order valence-corrected chi connectivity index (χ4v) is 2.37. The van der Waals surface area contributed by atoms with E-state index in [2.05, 4.69) is 45.9 Å². The molecule has 2 aromatic rings. The molecule has 0 amide bonds. The molecule has 0 aromatic carbocycles. The minimum Gasteiger partial charge on any atom is -0.370 e. The van der Waals surface area contributed by atoms with E-state index < -0.39 is 0 Å². The largest absolute Gasteiger partial charge is 0.370 e. The van der Waals surface area contributed by atoms with Crippen LogP contribution in [-0.4, -0.2) is 28.0 Å². The molecule has 0 saturated carbocycles. The molecule has 0 saturated heterocycles. The summed E-state index contributed by atoms with van der Waals surface area (Å²) in [5, 5.41) is 3.32. The lowest BCUT2D eigenvalue weighted by Crippen LogP contribution is -2.25. The van der Waals surface area contributed by atoms with E-state index in [9.17, 15) is 0 Å². The monoisotopic (exact) mass is 285 g/mol. The van der Waals surface area contributed by atoms with Crippen LogP contribution < -0.4 is 10.2 Å². The van der Waals surface area contributed by atoms with Crippen LogP contribution in [-0.2, 0) is 13.0 Å². The Morgan fingerprint density at radius 1 is 1.10 bits per heavy atom. The molecule has 0 bridgehead atoms. The van der Waals surface area contributed by atoms with E-state index in [0.717, 1.165) is 37.7 Å². The topological polar surface area (TPSA) is 53.9 Å². The second-order valence-corrected chi connectivity index (χ2v) is 4.78. The molecular weight excluding hydrogens is 262 g/mol. The number of nitrogens with one attached hydrogen (secondary N) is 1. The molecule has 2 rings (SSSR count). The van der Waals surface area contributed by atoms with Crippen molar-refractivity contribution in [2.45, 2.75) is 33.7 Å². The molecule has 112 valence electrons. The molecular formula is C16H23N5. The van der Waals surface area contributed by atoms with Crippen LogP contribution in [0.25, 0.3) is 0 Å². The zero-order valence-corrected chi connectivity index (χ0v) is 13.0. The fourth-order valence-electron chi connectivity index (χ4n) is 2.37. The van der Waals surface area contributed by atoms with Crippen LogP contribution in [0.15, 0.2) is 30.9 Å². The Hall–Kier alpha value is -2.17. The summed E-state index contributed by atoms with van der Waals surface area (Å²) in [7, 11) is 0. The van der Waals surface area contributed by atoms with Gasteiger partial charge in [-0.3, -0.25) is 4.98 Å². The second-order valence-electron chi connectivity index (χ2n) is 4.78. The third-order valence-corrected chi connectivity index (χ3v) is 3.42. The minimum absolute atomic E-state index is 0.828. The van der Waals surface area contributed by atoms with Crippen molar-refractivity contribution in [3.63, 3.8) is 0 Å². The van der Waals surface area contributed by atoms with Gasteiger partial charge in [0.15, 0.2) is 0 Å². The Bertz CT molecular complexity index is 556. The molecule has 2 aromatic heterocycles. The highest BCUT2D eigenvalue weighted by atomic mass is 15.2. The molecule has 0 fully saturated rings. The number of hydrogen-bond donors (Lipinski definition) is 1. The van der Waals surface area contributed by atoms with E-state index in [1.54, 1.807) is 6.33 Å². The second kappa shape index (κ2) is 7.57. The van der Waals surface area contributed by atoms with E-state index in [1.165, 1.54) is 11.1 Å². The molecule has 1 N–H and O–H groups in total. The van der Waals surface area contributed by atoms with Crippen molar-refractivity contribution < 1.29 is 0 Å². The average molecular weight is 285 g/mol. The summed E-state index contributed by atoms with van der Waals surface area (Å²) in [6, 6.07) is 4.08. The Morgan fingerprint density at radius 3 is 2.48 bits per heavy atom. The van der Waals surface area contributed by atoms with E-state index in [0.29, 0.717) is 0 Å². The van der Waals surface area contributed by atoms with Gasteiger partial charge in [-0.2, -0.15) is 0 Å². The van der Waals surface area contributed by atoms with Crippen molar-refractivity contribution in [1.82, 2.24) is 15.0 Å². The number of aromatic nitrogens is 3. The van der Waals surface area contributed by atoms with Crippen molar-refractivity contribution in [2.75, 3.05) is 23.3 Å². The highest BCUT2D eigenvalue weighted by Crippen LogP contribution is 2.25. The molecule has 5 heteroatoms. The number of pyridine rings is 1. The van der Waals surface area contributed by atoms with Crippen LogP contribution >= 0.6 is 0 Å². The third kappa shape index (κ3) is 3.68. The van der Waals surface area contributed by atoms with E-state index in [4.69, 9.17) is 0 Å². The van der Waals surface area contributed by atoms with Gasteiger partial charge in [0, 0.05) is 37.6 Å². The first-order chi connectivity index (χ1) is 10.3. The van der Waals surface area contributed by atoms with Gasteiger partial charge in [0.2, 0.25) is 0 Å². The van der Waals surface area contributed by atoms with E-state index in [-0.39, 0.29) is 0 Å². The minimum atomic E-state index is 0.828. The summed E-state index contributed by atoms with van der Waals surface area (Å²) in [5.74, 6) is 1.96. The maximum absolute atomic E-state index is 4.52. The molecule has 0 aliphatic rings. The quantitative estimate of drug-likeness (QED) is 0.847. The molecule has 0 radical (unpaired) electrons. The Kier molecular flexibility index (Phi) is 5.49. The smallest absolute Gasteiger partial charge is 0.137 e. The van der Waals surface area contributed by atoms with Gasteiger partial charge >= 0.3 is 0 Å². The number of rotatable bonds is 7. The number of nitrogens with zero attached hydrogens (tertiary/aromatic N) is 4. The van der Waals surface area contributed by atoms with Gasteiger partial charge < -0.3 is 10.2 Å². The van der Waals surface area contributed by atoms with Crippen molar-refractivity contribution in [3.8, 4) is 0 Å². The maximum Gasteiger partial charge on any atom is 0.137 e. The predicted molar refractivity (Wildman–Crippen MR) is 86.5 cm³/mol. The molecule has 0 atom stereocenters. The van der Waals surface area contributed by atoms with Crippen LogP contribution in [0.1, 0.15) is 31.9 Å². The molecule has 0 spiro atoms.